The summed E-state index contributed by atoms with van der Waals surface area (Å²) in [5, 5.41) is 2.70. The molecule has 1 aliphatic rings. The Labute approximate surface area is 110 Å². The van der Waals surface area contributed by atoms with E-state index in [0.29, 0.717) is 17.2 Å². The van der Waals surface area contributed by atoms with Crippen LogP contribution in [0.1, 0.15) is 6.42 Å². The smallest absolute Gasteiger partial charge is 0.243 e. The molecule has 0 aromatic heterocycles. The van der Waals surface area contributed by atoms with Crippen LogP contribution in [0.15, 0.2) is 18.2 Å². The van der Waals surface area contributed by atoms with Gasteiger partial charge in [0.05, 0.1) is 26.3 Å². The predicted octanol–water partition coefficient (Wildman–Crippen LogP) is 0.0354. The van der Waals surface area contributed by atoms with Gasteiger partial charge < -0.3 is 14.8 Å². The van der Waals surface area contributed by atoms with Gasteiger partial charge in [-0.05, 0) is 12.1 Å². The highest BCUT2D eigenvalue weighted by atomic mass is 16.5. The van der Waals surface area contributed by atoms with Crippen molar-refractivity contribution in [2.45, 2.75) is 12.5 Å². The molecule has 1 aliphatic heterocycles. The van der Waals surface area contributed by atoms with E-state index in [2.05, 4.69) is 16.2 Å². The molecule has 1 atom stereocenters. The average molecular weight is 265 g/mol. The normalized spacial score (nSPS) is 17.8. The lowest BCUT2D eigenvalue weighted by Gasteiger charge is -2.13. The summed E-state index contributed by atoms with van der Waals surface area (Å²) < 4.78 is 10.2. The van der Waals surface area contributed by atoms with E-state index in [1.807, 2.05) is 0 Å². The molecule has 3 N–H and O–H groups in total. The van der Waals surface area contributed by atoms with E-state index in [4.69, 9.17) is 9.47 Å². The minimum Gasteiger partial charge on any atom is -0.497 e. The molecule has 1 heterocycles. The number of amides is 2. The van der Waals surface area contributed by atoms with Crippen molar-refractivity contribution >= 4 is 17.5 Å². The number of hydrogen-bond donors (Lipinski definition) is 3. The number of rotatable bonds is 4. The van der Waals surface area contributed by atoms with Crippen LogP contribution in [-0.2, 0) is 9.59 Å². The maximum absolute atomic E-state index is 11.9. The van der Waals surface area contributed by atoms with E-state index in [1.165, 1.54) is 7.11 Å². The number of nitrogens with one attached hydrogen (secondary N) is 3. The molecule has 1 saturated heterocycles. The van der Waals surface area contributed by atoms with Gasteiger partial charge in [-0.2, -0.15) is 0 Å². The summed E-state index contributed by atoms with van der Waals surface area (Å²) in [6.07, 6.45) is 0.115. The molecular formula is C12H15N3O4. The number of anilines is 1. The first-order chi connectivity index (χ1) is 9.13. The van der Waals surface area contributed by atoms with Crippen LogP contribution >= 0.6 is 0 Å². The van der Waals surface area contributed by atoms with Crippen LogP contribution in [0.5, 0.6) is 11.5 Å². The molecule has 2 amide bonds. The largest absolute Gasteiger partial charge is 0.497 e. The van der Waals surface area contributed by atoms with E-state index >= 15 is 0 Å². The molecule has 1 fully saturated rings. The highest BCUT2D eigenvalue weighted by molar-refractivity contribution is 5.99. The number of carbonyl (C=O) groups is 2. The van der Waals surface area contributed by atoms with Crippen molar-refractivity contribution in [2.24, 2.45) is 0 Å². The molecule has 0 radical (unpaired) electrons. The molecule has 1 aromatic carbocycles. The molecule has 7 nitrogen and oxygen atoms in total. The second kappa shape index (κ2) is 5.57. The zero-order chi connectivity index (χ0) is 13.8. The average Bonchev–Trinajstić information content (AvgIpc) is 2.86. The standard InChI is InChI=1S/C12H15N3O4/c1-18-7-3-4-8(10(5-7)19-2)13-12(17)9-6-11(16)15-14-9/h3-5,9,14H,6H2,1-2H3,(H,13,17)(H,15,16). The summed E-state index contributed by atoms with van der Waals surface area (Å²) >= 11 is 0. The lowest BCUT2D eigenvalue weighted by Crippen LogP contribution is -2.39. The first kappa shape index (κ1) is 13.2. The van der Waals surface area contributed by atoms with Gasteiger partial charge in [0.2, 0.25) is 11.8 Å². The van der Waals surface area contributed by atoms with Crippen molar-refractivity contribution in [3.63, 3.8) is 0 Å². The third-order valence-corrected chi connectivity index (χ3v) is 2.76. The topological polar surface area (TPSA) is 88.7 Å². The van der Waals surface area contributed by atoms with Crippen molar-refractivity contribution in [1.82, 2.24) is 10.9 Å². The maximum atomic E-state index is 11.9. The van der Waals surface area contributed by atoms with E-state index in [9.17, 15) is 9.59 Å². The van der Waals surface area contributed by atoms with Gasteiger partial charge in [0.25, 0.3) is 0 Å². The van der Waals surface area contributed by atoms with Crippen LogP contribution < -0.4 is 25.6 Å². The molecule has 0 saturated carbocycles. The second-order valence-electron chi connectivity index (χ2n) is 4.00. The quantitative estimate of drug-likeness (QED) is 0.715. The first-order valence-corrected chi connectivity index (χ1v) is 5.71. The zero-order valence-corrected chi connectivity index (χ0v) is 10.6. The Bertz CT molecular complexity index is 504. The van der Waals surface area contributed by atoms with Crippen molar-refractivity contribution in [3.8, 4) is 11.5 Å². The fraction of sp³-hybridized carbons (Fsp3) is 0.333. The molecule has 0 aliphatic carbocycles. The second-order valence-corrected chi connectivity index (χ2v) is 4.00. The summed E-state index contributed by atoms with van der Waals surface area (Å²) in [5.74, 6) is 0.610. The molecule has 0 bridgehead atoms. The number of methoxy groups -OCH3 is 2. The van der Waals surface area contributed by atoms with Gasteiger partial charge in [-0.1, -0.05) is 0 Å². The van der Waals surface area contributed by atoms with Crippen molar-refractivity contribution < 1.29 is 19.1 Å². The summed E-state index contributed by atoms with van der Waals surface area (Å²) in [6, 6.07) is 4.48. The highest BCUT2D eigenvalue weighted by Crippen LogP contribution is 2.29. The molecule has 7 heteroatoms. The van der Waals surface area contributed by atoms with Gasteiger partial charge >= 0.3 is 0 Å². The minimum absolute atomic E-state index is 0.115. The van der Waals surface area contributed by atoms with Crippen LogP contribution in [0, 0.1) is 0 Å². The molecule has 1 aromatic rings. The maximum Gasteiger partial charge on any atom is 0.243 e. The van der Waals surface area contributed by atoms with Gasteiger partial charge in [0.15, 0.2) is 0 Å². The van der Waals surface area contributed by atoms with E-state index in [1.54, 1.807) is 25.3 Å². The lowest BCUT2D eigenvalue weighted by molar-refractivity contribution is -0.121. The summed E-state index contributed by atoms with van der Waals surface area (Å²) in [5.41, 5.74) is 5.51. The third kappa shape index (κ3) is 2.94. The first-order valence-electron chi connectivity index (χ1n) is 5.71. The summed E-state index contributed by atoms with van der Waals surface area (Å²) in [7, 11) is 3.05. The Morgan fingerprint density at radius 1 is 1.37 bits per heavy atom. The molecule has 19 heavy (non-hydrogen) atoms. The predicted molar refractivity (Wildman–Crippen MR) is 67.9 cm³/mol. The highest BCUT2D eigenvalue weighted by Gasteiger charge is 2.28. The van der Waals surface area contributed by atoms with E-state index < -0.39 is 6.04 Å². The van der Waals surface area contributed by atoms with Crippen LogP contribution in [0.25, 0.3) is 0 Å². The third-order valence-electron chi connectivity index (χ3n) is 2.76. The van der Waals surface area contributed by atoms with E-state index in [0.717, 1.165) is 0 Å². The number of benzene rings is 1. The summed E-state index contributed by atoms with van der Waals surface area (Å²) in [4.78, 5) is 23.0. The van der Waals surface area contributed by atoms with Crippen molar-refractivity contribution in [2.75, 3.05) is 19.5 Å². The minimum atomic E-state index is -0.584. The molecule has 1 unspecified atom stereocenters. The monoisotopic (exact) mass is 265 g/mol. The Hall–Kier alpha value is -2.28. The fourth-order valence-corrected chi connectivity index (χ4v) is 1.73. The summed E-state index contributed by atoms with van der Waals surface area (Å²) in [6.45, 7) is 0. The lowest BCUT2D eigenvalue weighted by atomic mass is 10.2. The van der Waals surface area contributed by atoms with Crippen LogP contribution in [0.3, 0.4) is 0 Å². The molecule has 0 spiro atoms. The van der Waals surface area contributed by atoms with Gasteiger partial charge in [-0.3, -0.25) is 15.0 Å². The van der Waals surface area contributed by atoms with Gasteiger partial charge in [-0.15, -0.1) is 0 Å². The number of carbonyl (C=O) groups excluding carboxylic acids is 2. The number of hydrogen-bond acceptors (Lipinski definition) is 5. The van der Waals surface area contributed by atoms with E-state index in [-0.39, 0.29) is 18.2 Å². The Kier molecular flexibility index (Phi) is 3.86. The van der Waals surface area contributed by atoms with Crippen molar-refractivity contribution in [3.05, 3.63) is 18.2 Å². The zero-order valence-electron chi connectivity index (χ0n) is 10.6. The Morgan fingerprint density at radius 2 is 2.16 bits per heavy atom. The van der Waals surface area contributed by atoms with Crippen LogP contribution in [0.4, 0.5) is 5.69 Å². The molecule has 2 rings (SSSR count). The van der Waals surface area contributed by atoms with Gasteiger partial charge in [0, 0.05) is 6.07 Å². The molecule has 102 valence electrons. The number of ether oxygens (including phenoxy) is 2. The van der Waals surface area contributed by atoms with Crippen molar-refractivity contribution in [1.29, 1.82) is 0 Å². The Balaban J connectivity index is 2.10. The van der Waals surface area contributed by atoms with Crippen LogP contribution in [-0.4, -0.2) is 32.1 Å². The SMILES string of the molecule is COc1ccc(NC(=O)C2CC(=O)NN2)c(OC)c1. The Morgan fingerprint density at radius 3 is 2.74 bits per heavy atom. The van der Waals surface area contributed by atoms with Gasteiger partial charge in [-0.25, -0.2) is 5.43 Å². The van der Waals surface area contributed by atoms with Crippen LogP contribution in [0.2, 0.25) is 0 Å². The fourth-order valence-electron chi connectivity index (χ4n) is 1.73. The number of hydrazine groups is 1. The van der Waals surface area contributed by atoms with Gasteiger partial charge in [0.1, 0.15) is 17.5 Å². The molecular weight excluding hydrogens is 250 g/mol.